The van der Waals surface area contributed by atoms with E-state index in [0.29, 0.717) is 0 Å². The van der Waals surface area contributed by atoms with Crippen LogP contribution in [0.5, 0.6) is 0 Å². The summed E-state index contributed by atoms with van der Waals surface area (Å²) in [4.78, 5) is 0. The summed E-state index contributed by atoms with van der Waals surface area (Å²) in [6, 6.07) is 8.87. The molecular weight excluding hydrogens is 222 g/mol. The van der Waals surface area contributed by atoms with Crippen LogP contribution in [0.3, 0.4) is 0 Å². The van der Waals surface area contributed by atoms with Crippen molar-refractivity contribution in [3.8, 4) is 0 Å². The first kappa shape index (κ1) is 13.6. The monoisotopic (exact) mass is 247 g/mol. The molecule has 2 nitrogen and oxygen atoms in total. The number of hydrogen-bond acceptors (Lipinski definition) is 2. The summed E-state index contributed by atoms with van der Waals surface area (Å²) in [7, 11) is 1.82. The fraction of sp³-hybridized carbons (Fsp3) is 0.625. The summed E-state index contributed by atoms with van der Waals surface area (Å²) >= 11 is 0. The third-order valence-corrected chi connectivity index (χ3v) is 4.24. The van der Waals surface area contributed by atoms with Crippen LogP contribution in [0.2, 0.25) is 0 Å². The molecule has 1 fully saturated rings. The molecule has 0 spiro atoms. The van der Waals surface area contributed by atoms with E-state index in [2.05, 4.69) is 31.2 Å². The first-order valence-electron chi connectivity index (χ1n) is 7.09. The highest BCUT2D eigenvalue weighted by molar-refractivity contribution is 5.25. The van der Waals surface area contributed by atoms with Crippen molar-refractivity contribution in [2.45, 2.75) is 57.1 Å². The number of methoxy groups -OCH3 is 1. The lowest BCUT2D eigenvalue weighted by atomic mass is 9.75. The molecule has 18 heavy (non-hydrogen) atoms. The maximum atomic E-state index is 6.31. The minimum absolute atomic E-state index is 0.0571. The highest BCUT2D eigenvalue weighted by Crippen LogP contribution is 2.41. The molecule has 0 bridgehead atoms. The number of nitrogens with two attached hydrogens (primary N) is 1. The van der Waals surface area contributed by atoms with Crippen LogP contribution in [0.25, 0.3) is 0 Å². The van der Waals surface area contributed by atoms with E-state index >= 15 is 0 Å². The van der Waals surface area contributed by atoms with Gasteiger partial charge in [-0.2, -0.15) is 0 Å². The van der Waals surface area contributed by atoms with E-state index < -0.39 is 0 Å². The molecule has 1 aliphatic rings. The Balaban J connectivity index is 1.97. The lowest BCUT2D eigenvalue weighted by molar-refractivity contribution is -0.0816. The number of rotatable bonds is 6. The van der Waals surface area contributed by atoms with Gasteiger partial charge in [-0.25, -0.2) is 0 Å². The average molecular weight is 247 g/mol. The van der Waals surface area contributed by atoms with E-state index in [9.17, 15) is 0 Å². The molecule has 2 rings (SSSR count). The van der Waals surface area contributed by atoms with Gasteiger partial charge in [-0.05, 0) is 43.2 Å². The summed E-state index contributed by atoms with van der Waals surface area (Å²) in [5.41, 5.74) is 9.00. The van der Waals surface area contributed by atoms with Gasteiger partial charge in [0.2, 0.25) is 0 Å². The van der Waals surface area contributed by atoms with E-state index in [0.717, 1.165) is 25.7 Å². The molecule has 0 amide bonds. The third kappa shape index (κ3) is 2.93. The number of aryl methyl sites for hydroxylation is 1. The van der Waals surface area contributed by atoms with Crippen LogP contribution in [-0.4, -0.2) is 12.7 Å². The molecule has 1 aromatic carbocycles. The van der Waals surface area contributed by atoms with Crippen LogP contribution in [0.4, 0.5) is 0 Å². The van der Waals surface area contributed by atoms with Gasteiger partial charge >= 0.3 is 0 Å². The topological polar surface area (TPSA) is 35.2 Å². The second-order valence-electron chi connectivity index (χ2n) is 5.54. The second-order valence-corrected chi connectivity index (χ2v) is 5.54. The van der Waals surface area contributed by atoms with Gasteiger partial charge in [0.25, 0.3) is 0 Å². The number of hydrogen-bond donors (Lipinski definition) is 1. The molecule has 2 heteroatoms. The van der Waals surface area contributed by atoms with Gasteiger partial charge in [0, 0.05) is 13.2 Å². The second kappa shape index (κ2) is 5.85. The van der Waals surface area contributed by atoms with Crippen molar-refractivity contribution in [1.82, 2.24) is 0 Å². The molecule has 0 aromatic heterocycles. The summed E-state index contributed by atoms with van der Waals surface area (Å²) in [5.74, 6) is 0. The van der Waals surface area contributed by atoms with E-state index in [1.165, 1.54) is 24.0 Å². The smallest absolute Gasteiger partial charge is 0.0696 e. The molecule has 0 aliphatic heterocycles. The van der Waals surface area contributed by atoms with Gasteiger partial charge in [-0.3, -0.25) is 0 Å². The lowest BCUT2D eigenvalue weighted by Crippen LogP contribution is -2.41. The Morgan fingerprint density at radius 3 is 2.39 bits per heavy atom. The fourth-order valence-electron chi connectivity index (χ4n) is 2.80. The standard InChI is InChI=1S/C16H25NO/c1-3-5-13-6-8-14(9-7-13)15(17)12-16(18-2)10-4-11-16/h6-9,15H,3-5,10-12,17H2,1-2H3. The lowest BCUT2D eigenvalue weighted by Gasteiger charge is -2.42. The van der Waals surface area contributed by atoms with Gasteiger partial charge < -0.3 is 10.5 Å². The van der Waals surface area contributed by atoms with Crippen LogP contribution >= 0.6 is 0 Å². The highest BCUT2D eigenvalue weighted by Gasteiger charge is 2.38. The summed E-state index contributed by atoms with van der Waals surface area (Å²) < 4.78 is 5.65. The molecule has 0 saturated heterocycles. The van der Waals surface area contributed by atoms with E-state index in [1.807, 2.05) is 7.11 Å². The first-order chi connectivity index (χ1) is 8.69. The van der Waals surface area contributed by atoms with Crippen molar-refractivity contribution in [2.24, 2.45) is 5.73 Å². The zero-order valence-corrected chi connectivity index (χ0v) is 11.6. The molecule has 0 radical (unpaired) electrons. The van der Waals surface area contributed by atoms with Crippen molar-refractivity contribution in [1.29, 1.82) is 0 Å². The predicted octanol–water partition coefficient (Wildman–Crippen LogP) is 3.60. The zero-order valence-electron chi connectivity index (χ0n) is 11.6. The molecule has 100 valence electrons. The Hall–Kier alpha value is -0.860. The normalized spacial score (nSPS) is 19.3. The molecule has 1 saturated carbocycles. The molecule has 1 unspecified atom stereocenters. The largest absolute Gasteiger partial charge is 0.378 e. The van der Waals surface area contributed by atoms with Crippen LogP contribution in [-0.2, 0) is 11.2 Å². The average Bonchev–Trinajstić information content (AvgIpc) is 2.35. The third-order valence-electron chi connectivity index (χ3n) is 4.24. The van der Waals surface area contributed by atoms with Crippen molar-refractivity contribution in [3.05, 3.63) is 35.4 Å². The maximum absolute atomic E-state index is 6.31. The van der Waals surface area contributed by atoms with Crippen molar-refractivity contribution in [3.63, 3.8) is 0 Å². The fourth-order valence-corrected chi connectivity index (χ4v) is 2.80. The predicted molar refractivity (Wildman–Crippen MR) is 75.6 cm³/mol. The zero-order chi connectivity index (χ0) is 13.0. The number of ether oxygens (including phenoxy) is 1. The van der Waals surface area contributed by atoms with Crippen molar-refractivity contribution >= 4 is 0 Å². The summed E-state index contributed by atoms with van der Waals surface area (Å²) in [6.07, 6.45) is 6.87. The Kier molecular flexibility index (Phi) is 4.41. The van der Waals surface area contributed by atoms with Crippen LogP contribution < -0.4 is 5.73 Å². The SMILES string of the molecule is CCCc1ccc(C(N)CC2(OC)CCC2)cc1. The summed E-state index contributed by atoms with van der Waals surface area (Å²) in [5, 5.41) is 0. The van der Waals surface area contributed by atoms with Crippen LogP contribution in [0, 0.1) is 0 Å². The first-order valence-corrected chi connectivity index (χ1v) is 7.09. The molecule has 1 atom stereocenters. The van der Waals surface area contributed by atoms with E-state index in [-0.39, 0.29) is 11.6 Å². The Morgan fingerprint density at radius 1 is 1.28 bits per heavy atom. The quantitative estimate of drug-likeness (QED) is 0.833. The molecule has 1 aromatic rings. The summed E-state index contributed by atoms with van der Waals surface area (Å²) in [6.45, 7) is 2.21. The van der Waals surface area contributed by atoms with Gasteiger partial charge in [0.05, 0.1) is 5.60 Å². The Bertz CT molecular complexity index is 362. The number of benzene rings is 1. The van der Waals surface area contributed by atoms with Crippen molar-refractivity contribution < 1.29 is 4.74 Å². The van der Waals surface area contributed by atoms with Crippen LogP contribution in [0.15, 0.2) is 24.3 Å². The van der Waals surface area contributed by atoms with Crippen LogP contribution in [0.1, 0.15) is 56.2 Å². The minimum Gasteiger partial charge on any atom is -0.378 e. The molecule has 0 heterocycles. The van der Waals surface area contributed by atoms with Crippen molar-refractivity contribution in [2.75, 3.05) is 7.11 Å². The van der Waals surface area contributed by atoms with E-state index in [1.54, 1.807) is 0 Å². The molecule has 2 N–H and O–H groups in total. The Morgan fingerprint density at radius 2 is 1.94 bits per heavy atom. The molecular formula is C16H25NO. The van der Waals surface area contributed by atoms with Gasteiger partial charge in [-0.1, -0.05) is 37.6 Å². The van der Waals surface area contributed by atoms with Gasteiger partial charge in [0.15, 0.2) is 0 Å². The maximum Gasteiger partial charge on any atom is 0.0696 e. The van der Waals surface area contributed by atoms with E-state index in [4.69, 9.17) is 10.5 Å². The van der Waals surface area contributed by atoms with Gasteiger partial charge in [0.1, 0.15) is 0 Å². The minimum atomic E-state index is 0.0571. The molecule has 1 aliphatic carbocycles. The highest BCUT2D eigenvalue weighted by atomic mass is 16.5. The van der Waals surface area contributed by atoms with Gasteiger partial charge in [-0.15, -0.1) is 0 Å². The Labute approximate surface area is 111 Å².